The van der Waals surface area contributed by atoms with Crippen LogP contribution in [0.5, 0.6) is 5.75 Å². The van der Waals surface area contributed by atoms with Crippen LogP contribution in [0.2, 0.25) is 5.02 Å². The van der Waals surface area contributed by atoms with E-state index in [4.69, 9.17) is 16.3 Å². The molecule has 1 amide bonds. The third-order valence-corrected chi connectivity index (χ3v) is 6.12. The summed E-state index contributed by atoms with van der Waals surface area (Å²) < 4.78 is 8.04. The van der Waals surface area contributed by atoms with Gasteiger partial charge in [-0.1, -0.05) is 42.3 Å². The SMILES string of the molecule is C=CCn1c(SCC(=O)NC2CCCC2)nnc1C(C)Oc1ccc(Cl)cc1C. The molecule has 0 aliphatic heterocycles. The lowest BCUT2D eigenvalue weighted by molar-refractivity contribution is -0.119. The largest absolute Gasteiger partial charge is 0.482 e. The van der Waals surface area contributed by atoms with Gasteiger partial charge in [-0.3, -0.25) is 9.36 Å². The molecular weight excluding hydrogens is 408 g/mol. The van der Waals surface area contributed by atoms with Gasteiger partial charge in [0, 0.05) is 17.6 Å². The second kappa shape index (κ2) is 10.2. The van der Waals surface area contributed by atoms with Crippen LogP contribution in [0.15, 0.2) is 36.0 Å². The number of nitrogens with zero attached hydrogens (tertiary/aromatic N) is 3. The summed E-state index contributed by atoms with van der Waals surface area (Å²) in [6, 6.07) is 5.84. The first-order chi connectivity index (χ1) is 14.0. The Balaban J connectivity index is 1.66. The Bertz CT molecular complexity index is 864. The fourth-order valence-corrected chi connectivity index (χ4v) is 4.46. The van der Waals surface area contributed by atoms with E-state index in [-0.39, 0.29) is 12.0 Å². The first-order valence-corrected chi connectivity index (χ1v) is 11.2. The number of nitrogens with one attached hydrogen (secondary N) is 1. The van der Waals surface area contributed by atoms with Crippen molar-refractivity contribution in [3.8, 4) is 5.75 Å². The molecule has 0 radical (unpaired) electrons. The molecular formula is C21H27ClN4O2S. The maximum Gasteiger partial charge on any atom is 0.230 e. The first kappa shape index (κ1) is 21.7. The molecule has 2 aromatic rings. The van der Waals surface area contributed by atoms with Gasteiger partial charge in [0.15, 0.2) is 17.1 Å². The maximum absolute atomic E-state index is 12.2. The molecule has 29 heavy (non-hydrogen) atoms. The standard InChI is InChI=1S/C21H27ClN4O2S/c1-4-11-26-20(15(3)28-18-10-9-16(22)12-14(18)2)24-25-21(26)29-13-19(27)23-17-7-5-6-8-17/h4,9-10,12,15,17H,1,5-8,11,13H2,2-3H3,(H,23,27). The molecule has 0 bridgehead atoms. The Labute approximate surface area is 181 Å². The van der Waals surface area contributed by atoms with Crippen molar-refractivity contribution in [1.82, 2.24) is 20.1 Å². The zero-order valence-corrected chi connectivity index (χ0v) is 18.4. The minimum Gasteiger partial charge on any atom is -0.482 e. The summed E-state index contributed by atoms with van der Waals surface area (Å²) in [4.78, 5) is 12.2. The number of aromatic nitrogens is 3. The van der Waals surface area contributed by atoms with Gasteiger partial charge in [0.1, 0.15) is 5.75 Å². The van der Waals surface area contributed by atoms with E-state index < -0.39 is 0 Å². The smallest absolute Gasteiger partial charge is 0.230 e. The summed E-state index contributed by atoms with van der Waals surface area (Å²) >= 11 is 7.41. The highest BCUT2D eigenvalue weighted by atomic mass is 35.5. The van der Waals surface area contributed by atoms with Gasteiger partial charge in [-0.25, -0.2) is 0 Å². The van der Waals surface area contributed by atoms with Crippen molar-refractivity contribution >= 4 is 29.3 Å². The summed E-state index contributed by atoms with van der Waals surface area (Å²) in [5.41, 5.74) is 0.956. The van der Waals surface area contributed by atoms with E-state index >= 15 is 0 Å². The Kier molecular flexibility index (Phi) is 7.61. The summed E-state index contributed by atoms with van der Waals surface area (Å²) in [5.74, 6) is 1.80. The van der Waals surface area contributed by atoms with Gasteiger partial charge in [-0.05, 0) is 50.5 Å². The zero-order valence-electron chi connectivity index (χ0n) is 16.9. The average Bonchev–Trinajstić information content (AvgIpc) is 3.32. The number of thioether (sulfide) groups is 1. The van der Waals surface area contributed by atoms with Gasteiger partial charge in [0.2, 0.25) is 5.91 Å². The van der Waals surface area contributed by atoms with E-state index in [1.165, 1.54) is 24.6 Å². The van der Waals surface area contributed by atoms with Gasteiger partial charge in [-0.2, -0.15) is 0 Å². The van der Waals surface area contributed by atoms with Crippen molar-refractivity contribution in [1.29, 1.82) is 0 Å². The summed E-state index contributed by atoms with van der Waals surface area (Å²) in [5, 5.41) is 13.1. The number of carbonyl (C=O) groups excluding carboxylic acids is 1. The Morgan fingerprint density at radius 1 is 1.45 bits per heavy atom. The van der Waals surface area contributed by atoms with E-state index in [0.717, 1.165) is 24.2 Å². The fourth-order valence-electron chi connectivity index (χ4n) is 3.47. The number of ether oxygens (including phenoxy) is 1. The van der Waals surface area contributed by atoms with Crippen molar-refractivity contribution in [2.75, 3.05) is 5.75 Å². The zero-order chi connectivity index (χ0) is 20.8. The van der Waals surface area contributed by atoms with E-state index in [2.05, 4.69) is 22.1 Å². The summed E-state index contributed by atoms with van der Waals surface area (Å²) in [6.07, 6.45) is 6.01. The third kappa shape index (κ3) is 5.76. The molecule has 1 heterocycles. The highest BCUT2D eigenvalue weighted by Crippen LogP contribution is 2.28. The average molecular weight is 435 g/mol. The molecule has 8 heteroatoms. The van der Waals surface area contributed by atoms with Crippen LogP contribution >= 0.6 is 23.4 Å². The fraction of sp³-hybridized carbons (Fsp3) is 0.476. The highest BCUT2D eigenvalue weighted by Gasteiger charge is 2.21. The molecule has 1 aromatic heterocycles. The van der Waals surface area contributed by atoms with E-state index in [1.54, 1.807) is 12.1 Å². The van der Waals surface area contributed by atoms with Crippen molar-refractivity contribution < 1.29 is 9.53 Å². The van der Waals surface area contributed by atoms with Crippen LogP contribution in [0.25, 0.3) is 0 Å². The molecule has 1 N–H and O–H groups in total. The van der Waals surface area contributed by atoms with Gasteiger partial charge >= 0.3 is 0 Å². The molecule has 1 aliphatic rings. The molecule has 1 aromatic carbocycles. The molecule has 6 nitrogen and oxygen atoms in total. The van der Waals surface area contributed by atoms with Gasteiger partial charge in [-0.15, -0.1) is 16.8 Å². The van der Waals surface area contributed by atoms with Crippen LogP contribution in [-0.2, 0) is 11.3 Å². The number of aryl methyl sites for hydroxylation is 1. The normalized spacial score (nSPS) is 15.3. The van der Waals surface area contributed by atoms with E-state index in [0.29, 0.717) is 34.3 Å². The van der Waals surface area contributed by atoms with Crippen LogP contribution in [0, 0.1) is 6.92 Å². The molecule has 0 saturated heterocycles. The molecule has 3 rings (SSSR count). The number of amides is 1. The molecule has 156 valence electrons. The predicted molar refractivity (Wildman–Crippen MR) is 117 cm³/mol. The number of rotatable bonds is 9. The third-order valence-electron chi connectivity index (χ3n) is 4.91. The van der Waals surface area contributed by atoms with Crippen LogP contribution in [-0.4, -0.2) is 32.5 Å². The van der Waals surface area contributed by atoms with E-state index in [9.17, 15) is 4.79 Å². The molecule has 0 spiro atoms. The molecule has 1 fully saturated rings. The number of halogens is 1. The first-order valence-electron chi connectivity index (χ1n) is 9.87. The van der Waals surface area contributed by atoms with Gasteiger partial charge in [0.05, 0.1) is 5.75 Å². The van der Waals surface area contributed by atoms with Crippen LogP contribution in [0.4, 0.5) is 0 Å². The van der Waals surface area contributed by atoms with Crippen LogP contribution < -0.4 is 10.1 Å². The van der Waals surface area contributed by atoms with Crippen molar-refractivity contribution in [3.05, 3.63) is 47.3 Å². The second-order valence-corrected chi connectivity index (χ2v) is 8.63. The predicted octanol–water partition coefficient (Wildman–Crippen LogP) is 4.72. The molecule has 1 unspecified atom stereocenters. The Morgan fingerprint density at radius 3 is 2.90 bits per heavy atom. The monoisotopic (exact) mass is 434 g/mol. The number of hydrogen-bond donors (Lipinski definition) is 1. The summed E-state index contributed by atoms with van der Waals surface area (Å²) in [6.45, 7) is 8.25. The number of hydrogen-bond acceptors (Lipinski definition) is 5. The number of allylic oxidation sites excluding steroid dienone is 1. The second-order valence-electron chi connectivity index (χ2n) is 7.25. The number of carbonyl (C=O) groups is 1. The van der Waals surface area contributed by atoms with Crippen molar-refractivity contribution in [2.45, 2.75) is 63.4 Å². The number of benzene rings is 1. The molecule has 1 atom stereocenters. The van der Waals surface area contributed by atoms with E-state index in [1.807, 2.05) is 30.5 Å². The van der Waals surface area contributed by atoms with Crippen molar-refractivity contribution in [3.63, 3.8) is 0 Å². The minimum absolute atomic E-state index is 0.0395. The van der Waals surface area contributed by atoms with Crippen molar-refractivity contribution in [2.24, 2.45) is 0 Å². The minimum atomic E-state index is -0.316. The lowest BCUT2D eigenvalue weighted by Gasteiger charge is -2.17. The highest BCUT2D eigenvalue weighted by molar-refractivity contribution is 7.99. The van der Waals surface area contributed by atoms with Gasteiger partial charge < -0.3 is 10.1 Å². The topological polar surface area (TPSA) is 69.0 Å². The molecule has 1 aliphatic carbocycles. The summed E-state index contributed by atoms with van der Waals surface area (Å²) in [7, 11) is 0. The molecule has 1 saturated carbocycles. The van der Waals surface area contributed by atoms with Gasteiger partial charge in [0.25, 0.3) is 0 Å². The lowest BCUT2D eigenvalue weighted by Crippen LogP contribution is -2.33. The lowest BCUT2D eigenvalue weighted by atomic mass is 10.2. The Morgan fingerprint density at radius 2 is 2.21 bits per heavy atom. The quantitative estimate of drug-likeness (QED) is 0.457. The van der Waals surface area contributed by atoms with Crippen LogP contribution in [0.1, 0.15) is 50.1 Å². The Hall–Kier alpha value is -1.99. The maximum atomic E-state index is 12.2. The van der Waals surface area contributed by atoms with Crippen LogP contribution in [0.3, 0.4) is 0 Å².